The number of ketones is 1. The highest BCUT2D eigenvalue weighted by Gasteiger charge is 2.33. The summed E-state index contributed by atoms with van der Waals surface area (Å²) < 4.78 is 10.1. The number of aromatic carboxylic acids is 1. The summed E-state index contributed by atoms with van der Waals surface area (Å²) in [6.07, 6.45) is 0. The maximum Gasteiger partial charge on any atom is 0.341 e. The average molecular weight is 380 g/mol. The second-order valence-electron chi connectivity index (χ2n) is 5.44. The molecule has 1 aromatic heterocycles. The lowest BCUT2D eigenvalue weighted by molar-refractivity contribution is -0.144. The molecule has 0 radical (unpaired) electrons. The Bertz CT molecular complexity index is 840. The minimum atomic E-state index is -1.32. The smallest absolute Gasteiger partial charge is 0.341 e. The highest BCUT2D eigenvalue weighted by molar-refractivity contribution is 6.30. The number of esters is 1. The van der Waals surface area contributed by atoms with Crippen LogP contribution in [0.1, 0.15) is 51.9 Å². The Morgan fingerprint density at radius 3 is 2.35 bits per heavy atom. The van der Waals surface area contributed by atoms with Gasteiger partial charge in [0.05, 0.1) is 19.6 Å². The number of carboxylic acid groups (broad SMARTS) is 1. The second kappa shape index (κ2) is 8.05. The lowest BCUT2D eigenvalue weighted by Crippen LogP contribution is -2.16. The van der Waals surface area contributed by atoms with Gasteiger partial charge in [0.25, 0.3) is 0 Å². The van der Waals surface area contributed by atoms with Crippen molar-refractivity contribution < 1.29 is 29.0 Å². The average Bonchev–Trinajstić information content (AvgIpc) is 3.01. The molecular formula is C18H18ClNO6. The van der Waals surface area contributed by atoms with Crippen molar-refractivity contribution in [3.05, 3.63) is 51.8 Å². The minimum Gasteiger partial charge on any atom is -0.493 e. The number of halogens is 1. The SMILES string of the molecule is CCOC(=O)C(C)c1[nH]c(C(=O)c2ccc(Cl)cc2)c(OC)c1C(=O)O. The van der Waals surface area contributed by atoms with Crippen LogP contribution in [0.5, 0.6) is 5.75 Å². The normalized spacial score (nSPS) is 11.7. The van der Waals surface area contributed by atoms with Crippen LogP contribution in [0.4, 0.5) is 0 Å². The summed E-state index contributed by atoms with van der Waals surface area (Å²) in [4.78, 5) is 39.3. The van der Waals surface area contributed by atoms with Crippen LogP contribution in [0.15, 0.2) is 24.3 Å². The number of hydrogen-bond acceptors (Lipinski definition) is 5. The van der Waals surface area contributed by atoms with Crippen LogP contribution in [-0.2, 0) is 9.53 Å². The third-order valence-electron chi connectivity index (χ3n) is 3.81. The molecule has 26 heavy (non-hydrogen) atoms. The molecule has 1 unspecified atom stereocenters. The number of H-pyrrole nitrogens is 1. The van der Waals surface area contributed by atoms with Crippen molar-refractivity contribution in [2.24, 2.45) is 0 Å². The Labute approximate surface area is 154 Å². The summed E-state index contributed by atoms with van der Waals surface area (Å²) in [5.41, 5.74) is 0.00933. The first kappa shape index (κ1) is 19.5. The number of carboxylic acids is 1. The van der Waals surface area contributed by atoms with Crippen molar-refractivity contribution in [3.8, 4) is 5.75 Å². The molecule has 0 saturated heterocycles. The van der Waals surface area contributed by atoms with Crippen molar-refractivity contribution in [2.45, 2.75) is 19.8 Å². The molecule has 0 saturated carbocycles. The molecule has 0 fully saturated rings. The van der Waals surface area contributed by atoms with Gasteiger partial charge in [-0.3, -0.25) is 9.59 Å². The summed E-state index contributed by atoms with van der Waals surface area (Å²) in [6, 6.07) is 6.12. The molecule has 2 aromatic rings. The number of aromatic nitrogens is 1. The second-order valence-corrected chi connectivity index (χ2v) is 5.87. The number of methoxy groups -OCH3 is 1. The van der Waals surface area contributed by atoms with Gasteiger partial charge in [0.2, 0.25) is 5.78 Å². The maximum absolute atomic E-state index is 12.8. The van der Waals surface area contributed by atoms with Gasteiger partial charge in [-0.15, -0.1) is 0 Å². The molecule has 0 aliphatic carbocycles. The monoisotopic (exact) mass is 379 g/mol. The van der Waals surface area contributed by atoms with Crippen molar-refractivity contribution in [1.82, 2.24) is 4.98 Å². The fourth-order valence-corrected chi connectivity index (χ4v) is 2.66. The van der Waals surface area contributed by atoms with E-state index in [4.69, 9.17) is 21.1 Å². The molecule has 8 heteroatoms. The van der Waals surface area contributed by atoms with Crippen LogP contribution in [0, 0.1) is 0 Å². The highest BCUT2D eigenvalue weighted by atomic mass is 35.5. The Hall–Kier alpha value is -2.80. The van der Waals surface area contributed by atoms with Gasteiger partial charge in [-0.05, 0) is 38.1 Å². The summed E-state index contributed by atoms with van der Waals surface area (Å²) in [5.74, 6) is -3.46. The van der Waals surface area contributed by atoms with Gasteiger partial charge in [0.1, 0.15) is 11.3 Å². The molecule has 0 aliphatic heterocycles. The topological polar surface area (TPSA) is 106 Å². The third kappa shape index (κ3) is 3.72. The van der Waals surface area contributed by atoms with E-state index in [2.05, 4.69) is 4.98 Å². The zero-order valence-electron chi connectivity index (χ0n) is 14.5. The van der Waals surface area contributed by atoms with E-state index >= 15 is 0 Å². The first-order valence-corrected chi connectivity index (χ1v) is 8.19. The molecule has 138 valence electrons. The Kier molecular flexibility index (Phi) is 6.05. The molecule has 0 bridgehead atoms. The summed E-state index contributed by atoms with van der Waals surface area (Å²) in [6.45, 7) is 3.29. The first-order valence-electron chi connectivity index (χ1n) is 7.81. The molecule has 0 aliphatic rings. The molecule has 1 atom stereocenters. The number of ether oxygens (including phenoxy) is 2. The molecule has 1 aromatic carbocycles. The summed E-state index contributed by atoms with van der Waals surface area (Å²) >= 11 is 5.83. The van der Waals surface area contributed by atoms with Crippen LogP contribution in [-0.4, -0.2) is 41.5 Å². The van der Waals surface area contributed by atoms with Crippen molar-refractivity contribution in [2.75, 3.05) is 13.7 Å². The molecular weight excluding hydrogens is 362 g/mol. The number of nitrogens with one attached hydrogen (secondary N) is 1. The fourth-order valence-electron chi connectivity index (χ4n) is 2.53. The largest absolute Gasteiger partial charge is 0.493 e. The fraction of sp³-hybridized carbons (Fsp3) is 0.278. The Balaban J connectivity index is 2.58. The Morgan fingerprint density at radius 2 is 1.85 bits per heavy atom. The minimum absolute atomic E-state index is 0.0464. The van der Waals surface area contributed by atoms with E-state index in [1.54, 1.807) is 19.1 Å². The van der Waals surface area contributed by atoms with Gasteiger partial charge >= 0.3 is 11.9 Å². The van der Waals surface area contributed by atoms with Gasteiger partial charge < -0.3 is 19.6 Å². The number of carbonyl (C=O) groups excluding carboxylic acids is 2. The number of hydrogen-bond donors (Lipinski definition) is 2. The quantitative estimate of drug-likeness (QED) is 0.565. The van der Waals surface area contributed by atoms with Gasteiger partial charge in [-0.2, -0.15) is 0 Å². The van der Waals surface area contributed by atoms with Crippen LogP contribution < -0.4 is 4.74 Å². The summed E-state index contributed by atoms with van der Waals surface area (Å²) in [5, 5.41) is 10.0. The lowest BCUT2D eigenvalue weighted by Gasteiger charge is -2.10. The van der Waals surface area contributed by atoms with E-state index in [-0.39, 0.29) is 29.3 Å². The number of rotatable bonds is 7. The van der Waals surface area contributed by atoms with Crippen LogP contribution >= 0.6 is 11.6 Å². The molecule has 2 N–H and O–H groups in total. The first-order chi connectivity index (χ1) is 12.3. The predicted octanol–water partition coefficient (Wildman–Crippen LogP) is 3.27. The lowest BCUT2D eigenvalue weighted by atomic mass is 10.0. The van der Waals surface area contributed by atoms with Gasteiger partial charge in [0.15, 0.2) is 5.75 Å². The molecule has 7 nitrogen and oxygen atoms in total. The molecule has 0 spiro atoms. The van der Waals surface area contributed by atoms with E-state index in [0.717, 1.165) is 0 Å². The predicted molar refractivity (Wildman–Crippen MR) is 94.2 cm³/mol. The highest BCUT2D eigenvalue weighted by Crippen LogP contribution is 2.34. The molecule has 0 amide bonds. The number of carbonyl (C=O) groups is 3. The zero-order chi connectivity index (χ0) is 19.4. The van der Waals surface area contributed by atoms with Gasteiger partial charge in [0, 0.05) is 16.3 Å². The standard InChI is InChI=1S/C18H18ClNO6/c1-4-26-18(24)9(2)13-12(17(22)23)16(25-3)14(20-13)15(21)10-5-7-11(19)8-6-10/h5-9,20H,4H2,1-3H3,(H,22,23). The molecule has 2 rings (SSSR count). The van der Waals surface area contributed by atoms with Crippen molar-refractivity contribution >= 4 is 29.3 Å². The number of benzene rings is 1. The van der Waals surface area contributed by atoms with E-state index in [1.165, 1.54) is 26.2 Å². The van der Waals surface area contributed by atoms with E-state index in [9.17, 15) is 19.5 Å². The Morgan fingerprint density at radius 1 is 1.23 bits per heavy atom. The van der Waals surface area contributed by atoms with Crippen LogP contribution in [0.3, 0.4) is 0 Å². The zero-order valence-corrected chi connectivity index (χ0v) is 15.2. The van der Waals surface area contributed by atoms with Gasteiger partial charge in [-0.1, -0.05) is 11.6 Å². The van der Waals surface area contributed by atoms with E-state index in [1.807, 2.05) is 0 Å². The number of aromatic amines is 1. The van der Waals surface area contributed by atoms with Crippen molar-refractivity contribution in [3.63, 3.8) is 0 Å². The third-order valence-corrected chi connectivity index (χ3v) is 4.06. The molecule has 1 heterocycles. The van der Waals surface area contributed by atoms with Crippen LogP contribution in [0.25, 0.3) is 0 Å². The van der Waals surface area contributed by atoms with Gasteiger partial charge in [-0.25, -0.2) is 4.79 Å². The summed E-state index contributed by atoms with van der Waals surface area (Å²) in [7, 11) is 1.26. The maximum atomic E-state index is 12.8. The van der Waals surface area contributed by atoms with Crippen LogP contribution in [0.2, 0.25) is 5.02 Å². The van der Waals surface area contributed by atoms with E-state index in [0.29, 0.717) is 10.6 Å². The van der Waals surface area contributed by atoms with Crippen molar-refractivity contribution in [1.29, 1.82) is 0 Å². The van der Waals surface area contributed by atoms with E-state index < -0.39 is 23.6 Å².